The second kappa shape index (κ2) is 16.4. The summed E-state index contributed by atoms with van der Waals surface area (Å²) in [7, 11) is 0. The van der Waals surface area contributed by atoms with Crippen molar-refractivity contribution < 1.29 is 28.9 Å². The van der Waals surface area contributed by atoms with E-state index < -0.39 is 18.4 Å². The van der Waals surface area contributed by atoms with E-state index in [0.717, 1.165) is 72.1 Å². The number of ether oxygens (including phenoxy) is 3. The number of amides is 1. The van der Waals surface area contributed by atoms with Crippen LogP contribution >= 0.6 is 0 Å². The fraction of sp³-hybridized carbons (Fsp3) is 0.385. The molecule has 0 spiro atoms. The highest BCUT2D eigenvalue weighted by atomic mass is 16.7. The van der Waals surface area contributed by atoms with E-state index in [1.807, 2.05) is 72.8 Å². The number of carbonyl (C=O) groups excluding carboxylic acids is 2. The minimum Gasteiger partial charge on any atom is -0.453 e. The maximum absolute atomic E-state index is 12.4. The Kier molecular flexibility index (Phi) is 11.5. The van der Waals surface area contributed by atoms with Crippen LogP contribution in [0, 0.1) is 5.92 Å². The number of esters is 1. The van der Waals surface area contributed by atoms with Crippen molar-refractivity contribution >= 4 is 17.8 Å². The van der Waals surface area contributed by atoms with Crippen LogP contribution in [0.5, 0.6) is 0 Å². The Balaban J connectivity index is 1.19. The van der Waals surface area contributed by atoms with Crippen LogP contribution in [0.2, 0.25) is 0 Å². The van der Waals surface area contributed by atoms with Gasteiger partial charge in [-0.25, -0.2) is 9.97 Å². The lowest BCUT2D eigenvalue weighted by Crippen LogP contribution is -2.51. The number of hydrogen-bond donors (Lipinski definition) is 2. The number of nitrogens with zero attached hydrogens (tertiary/aromatic N) is 4. The number of benzene rings is 3. The van der Waals surface area contributed by atoms with Gasteiger partial charge in [-0.05, 0) is 52.9 Å². The van der Waals surface area contributed by atoms with E-state index in [1.54, 1.807) is 19.3 Å². The summed E-state index contributed by atoms with van der Waals surface area (Å²) >= 11 is 0. The molecule has 11 nitrogen and oxygen atoms in total. The van der Waals surface area contributed by atoms with E-state index in [1.165, 1.54) is 6.92 Å². The van der Waals surface area contributed by atoms with Gasteiger partial charge in [-0.3, -0.25) is 14.5 Å². The lowest BCUT2D eigenvalue weighted by atomic mass is 9.89. The molecule has 2 saturated heterocycles. The maximum atomic E-state index is 12.4. The normalized spacial score (nSPS) is 21.7. The van der Waals surface area contributed by atoms with Crippen LogP contribution in [0.15, 0.2) is 91.3 Å². The third-order valence-corrected chi connectivity index (χ3v) is 9.37. The van der Waals surface area contributed by atoms with Crippen molar-refractivity contribution in [2.45, 2.75) is 58.5 Å². The first-order valence-electron chi connectivity index (χ1n) is 17.2. The minimum atomic E-state index is -0.862. The Morgan fingerprint density at radius 3 is 2.30 bits per heavy atom. The van der Waals surface area contributed by atoms with Crippen LogP contribution in [-0.4, -0.2) is 76.8 Å². The van der Waals surface area contributed by atoms with Gasteiger partial charge >= 0.3 is 5.97 Å². The smallest absolute Gasteiger partial charge is 0.303 e. The van der Waals surface area contributed by atoms with Crippen LogP contribution < -0.4 is 10.2 Å². The summed E-state index contributed by atoms with van der Waals surface area (Å²) in [6.45, 7) is 9.51. The van der Waals surface area contributed by atoms with Crippen LogP contribution in [0.25, 0.3) is 11.1 Å². The lowest BCUT2D eigenvalue weighted by molar-refractivity contribution is -0.276. The van der Waals surface area contributed by atoms with Gasteiger partial charge in [-0.2, -0.15) is 0 Å². The zero-order valence-electron chi connectivity index (χ0n) is 28.8. The van der Waals surface area contributed by atoms with Crippen molar-refractivity contribution in [2.24, 2.45) is 5.92 Å². The first-order valence-corrected chi connectivity index (χ1v) is 17.2. The van der Waals surface area contributed by atoms with Crippen LogP contribution in [0.4, 0.5) is 5.95 Å². The van der Waals surface area contributed by atoms with Crippen molar-refractivity contribution in [1.82, 2.24) is 20.2 Å². The van der Waals surface area contributed by atoms with E-state index in [-0.39, 0.29) is 30.6 Å². The molecule has 5 atom stereocenters. The number of aliphatic hydroxyl groups is 1. The van der Waals surface area contributed by atoms with Crippen LogP contribution in [0.3, 0.4) is 0 Å². The molecular formula is C39H45N5O6. The maximum Gasteiger partial charge on any atom is 0.303 e. The number of hydrogen-bond acceptors (Lipinski definition) is 10. The Hall–Kier alpha value is -4.68. The van der Waals surface area contributed by atoms with Crippen molar-refractivity contribution in [1.29, 1.82) is 0 Å². The molecule has 2 N–H and O–H groups in total. The molecule has 0 saturated carbocycles. The van der Waals surface area contributed by atoms with Gasteiger partial charge < -0.3 is 29.5 Å². The van der Waals surface area contributed by atoms with E-state index in [4.69, 9.17) is 14.2 Å². The Morgan fingerprint density at radius 2 is 1.60 bits per heavy atom. The first-order chi connectivity index (χ1) is 24.3. The molecule has 11 heteroatoms. The number of rotatable bonds is 11. The first kappa shape index (κ1) is 35.2. The summed E-state index contributed by atoms with van der Waals surface area (Å²) in [5.74, 6) is -0.0151. The third kappa shape index (κ3) is 8.72. The summed E-state index contributed by atoms with van der Waals surface area (Å²) < 4.78 is 18.6. The molecule has 3 aromatic carbocycles. The van der Waals surface area contributed by atoms with Gasteiger partial charge in [-0.1, -0.05) is 67.6 Å². The summed E-state index contributed by atoms with van der Waals surface area (Å²) in [5.41, 5.74) is 5.72. The molecule has 0 aliphatic carbocycles. The highest BCUT2D eigenvalue weighted by molar-refractivity contribution is 5.82. The monoisotopic (exact) mass is 679 g/mol. The number of piperazine rings is 1. The fourth-order valence-electron chi connectivity index (χ4n) is 6.53. The van der Waals surface area contributed by atoms with Crippen molar-refractivity contribution in [3.05, 3.63) is 114 Å². The van der Waals surface area contributed by atoms with Gasteiger partial charge in [0.25, 0.3) is 5.91 Å². The van der Waals surface area contributed by atoms with Crippen molar-refractivity contribution in [3.63, 3.8) is 0 Å². The number of nitrogens with one attached hydrogen (secondary N) is 1. The molecule has 0 bridgehead atoms. The molecule has 2 fully saturated rings. The summed E-state index contributed by atoms with van der Waals surface area (Å²) in [5, 5.41) is 12.5. The minimum absolute atomic E-state index is 0.0104. The summed E-state index contributed by atoms with van der Waals surface area (Å²) in [4.78, 5) is 37.2. The SMILES string of the molecule is CC(=O)O[C@@H](C)C(=O)NCc1cccc(-c2cccc([C@@H]3O[C@H](CN4CCN(c5ncccn5)CC4)[C@H](C)[C@H](c4ccc(CO)cc4)O3)c2)c1. The second-order valence-electron chi connectivity index (χ2n) is 13.0. The standard InChI is InChI=1S/C39H45N5O6/c1-26-35(24-43-17-19-44(20-18-43)39-40-15-6-16-41-39)49-38(50-36(26)31-13-11-29(25-45)12-14-31)34-10-5-9-33(22-34)32-8-4-7-30(21-32)23-42-37(47)27(2)48-28(3)46/h4-16,21-22,26-27,35-36,38,45H,17-20,23-25H2,1-3H3,(H,42,47)/t26-,27-,35+,36+,38+/m0/s1. The molecule has 1 amide bonds. The Morgan fingerprint density at radius 1 is 0.900 bits per heavy atom. The van der Waals surface area contributed by atoms with Gasteiger partial charge in [-0.15, -0.1) is 0 Å². The molecule has 0 radical (unpaired) electrons. The predicted octanol–water partition coefficient (Wildman–Crippen LogP) is 4.82. The molecule has 50 heavy (non-hydrogen) atoms. The van der Waals surface area contributed by atoms with E-state index >= 15 is 0 Å². The quantitative estimate of drug-likeness (QED) is 0.213. The van der Waals surface area contributed by atoms with Gasteiger partial charge in [0.1, 0.15) is 0 Å². The Labute approximate surface area is 293 Å². The summed E-state index contributed by atoms with van der Waals surface area (Å²) in [6.07, 6.45) is 1.79. The number of aliphatic hydroxyl groups excluding tert-OH is 1. The van der Waals surface area contributed by atoms with E-state index in [0.29, 0.717) is 6.54 Å². The second-order valence-corrected chi connectivity index (χ2v) is 13.0. The van der Waals surface area contributed by atoms with E-state index in [9.17, 15) is 14.7 Å². The number of carbonyl (C=O) groups is 2. The zero-order valence-corrected chi connectivity index (χ0v) is 28.8. The molecule has 262 valence electrons. The van der Waals surface area contributed by atoms with Crippen molar-refractivity contribution in [2.75, 3.05) is 37.6 Å². The molecule has 2 aliphatic rings. The molecule has 6 rings (SSSR count). The van der Waals surface area contributed by atoms with Gasteiger partial charge in [0.2, 0.25) is 5.95 Å². The zero-order chi connectivity index (χ0) is 35.0. The van der Waals surface area contributed by atoms with Gasteiger partial charge in [0.15, 0.2) is 12.4 Å². The molecular weight excluding hydrogens is 634 g/mol. The molecule has 0 unspecified atom stereocenters. The Bertz CT molecular complexity index is 1730. The predicted molar refractivity (Wildman–Crippen MR) is 189 cm³/mol. The average Bonchev–Trinajstić information content (AvgIpc) is 3.15. The molecule has 3 heterocycles. The third-order valence-electron chi connectivity index (χ3n) is 9.37. The highest BCUT2D eigenvalue weighted by Gasteiger charge is 2.39. The molecule has 4 aromatic rings. The topological polar surface area (TPSA) is 126 Å². The number of anilines is 1. The molecule has 1 aromatic heterocycles. The van der Waals surface area contributed by atoms with Crippen molar-refractivity contribution in [3.8, 4) is 11.1 Å². The van der Waals surface area contributed by atoms with Gasteiger partial charge in [0, 0.05) is 70.1 Å². The van der Waals surface area contributed by atoms with Gasteiger partial charge in [0.05, 0.1) is 18.8 Å². The number of aromatic nitrogens is 2. The molecule has 2 aliphatic heterocycles. The lowest BCUT2D eigenvalue weighted by Gasteiger charge is -2.44. The summed E-state index contributed by atoms with van der Waals surface area (Å²) in [6, 6.07) is 26.0. The largest absolute Gasteiger partial charge is 0.453 e. The highest BCUT2D eigenvalue weighted by Crippen LogP contribution is 2.42. The fourth-order valence-corrected chi connectivity index (χ4v) is 6.53. The van der Waals surface area contributed by atoms with Crippen LogP contribution in [0.1, 0.15) is 55.4 Å². The van der Waals surface area contributed by atoms with E-state index in [2.05, 4.69) is 38.1 Å². The average molecular weight is 680 g/mol. The van der Waals surface area contributed by atoms with Crippen LogP contribution in [-0.2, 0) is 37.0 Å².